The van der Waals surface area contributed by atoms with Gasteiger partial charge in [-0.05, 0) is 68.0 Å². The summed E-state index contributed by atoms with van der Waals surface area (Å²) in [5, 5.41) is 15.0. The van der Waals surface area contributed by atoms with Gasteiger partial charge in [-0.15, -0.1) is 0 Å². The summed E-state index contributed by atoms with van der Waals surface area (Å²) < 4.78 is 10.5. The zero-order valence-corrected chi connectivity index (χ0v) is 15.8. The predicted octanol–water partition coefficient (Wildman–Crippen LogP) is 2.80. The van der Waals surface area contributed by atoms with Crippen LogP contribution >= 0.6 is 0 Å². The standard InChI is InChI=1S/C21H30N2O3/c1-25-14-21(24)19-13-22-10-8-16(19)5-3-4-15-9-11-23-20-7-6-17(26-2)12-18(15)20/h6-7,9,11-12,16,19,21-22,24H,3-5,8,10,13-14H2,1-2H3/t16-,19+,21?/m1/s1. The fourth-order valence-corrected chi connectivity index (χ4v) is 4.12. The molecular weight excluding hydrogens is 328 g/mol. The number of rotatable bonds is 8. The number of piperidine rings is 1. The van der Waals surface area contributed by atoms with Gasteiger partial charge in [-0.25, -0.2) is 0 Å². The van der Waals surface area contributed by atoms with Crippen molar-refractivity contribution in [3.05, 3.63) is 36.0 Å². The van der Waals surface area contributed by atoms with Gasteiger partial charge >= 0.3 is 0 Å². The molecule has 1 unspecified atom stereocenters. The number of benzene rings is 1. The summed E-state index contributed by atoms with van der Waals surface area (Å²) in [6.45, 7) is 2.33. The van der Waals surface area contributed by atoms with E-state index in [0.717, 1.165) is 50.0 Å². The second-order valence-corrected chi connectivity index (χ2v) is 7.18. The fraction of sp³-hybridized carbons (Fsp3) is 0.571. The van der Waals surface area contributed by atoms with Gasteiger partial charge in [0.25, 0.3) is 0 Å². The maximum atomic E-state index is 10.4. The van der Waals surface area contributed by atoms with Crippen molar-refractivity contribution in [2.24, 2.45) is 11.8 Å². The molecule has 2 N–H and O–H groups in total. The highest BCUT2D eigenvalue weighted by atomic mass is 16.5. The molecule has 142 valence electrons. The number of pyridine rings is 1. The van der Waals surface area contributed by atoms with E-state index in [0.29, 0.717) is 12.5 Å². The molecular formula is C21H30N2O3. The molecule has 3 rings (SSSR count). The smallest absolute Gasteiger partial charge is 0.119 e. The third-order valence-corrected chi connectivity index (χ3v) is 5.57. The molecule has 1 aromatic heterocycles. The van der Waals surface area contributed by atoms with Gasteiger partial charge in [0.15, 0.2) is 0 Å². The molecule has 0 bridgehead atoms. The minimum atomic E-state index is -0.385. The van der Waals surface area contributed by atoms with E-state index in [1.807, 2.05) is 18.3 Å². The van der Waals surface area contributed by atoms with Crippen molar-refractivity contribution in [1.29, 1.82) is 0 Å². The highest BCUT2D eigenvalue weighted by Gasteiger charge is 2.30. The Balaban J connectivity index is 1.64. The highest BCUT2D eigenvalue weighted by molar-refractivity contribution is 5.83. The first kappa shape index (κ1) is 19.1. The van der Waals surface area contributed by atoms with Gasteiger partial charge < -0.3 is 19.9 Å². The minimum absolute atomic E-state index is 0.276. The van der Waals surface area contributed by atoms with Crippen LogP contribution in [0.2, 0.25) is 0 Å². The second-order valence-electron chi connectivity index (χ2n) is 7.18. The number of hydrogen-bond acceptors (Lipinski definition) is 5. The Kier molecular flexibility index (Phi) is 6.83. The number of aromatic nitrogens is 1. The largest absolute Gasteiger partial charge is 0.497 e. The summed E-state index contributed by atoms with van der Waals surface area (Å²) in [5.41, 5.74) is 2.33. The Morgan fingerprint density at radius 3 is 3.00 bits per heavy atom. The van der Waals surface area contributed by atoms with Crippen LogP contribution in [-0.2, 0) is 11.2 Å². The molecule has 3 atom stereocenters. The summed E-state index contributed by atoms with van der Waals surface area (Å²) in [4.78, 5) is 4.46. The van der Waals surface area contributed by atoms with Crippen molar-refractivity contribution < 1.29 is 14.6 Å². The van der Waals surface area contributed by atoms with E-state index in [1.165, 1.54) is 10.9 Å². The highest BCUT2D eigenvalue weighted by Crippen LogP contribution is 2.29. The molecule has 0 radical (unpaired) electrons. The van der Waals surface area contributed by atoms with E-state index in [2.05, 4.69) is 22.4 Å². The van der Waals surface area contributed by atoms with Crippen LogP contribution in [-0.4, -0.2) is 50.1 Å². The number of ether oxygens (including phenoxy) is 2. The van der Waals surface area contributed by atoms with E-state index in [-0.39, 0.29) is 12.0 Å². The van der Waals surface area contributed by atoms with Crippen molar-refractivity contribution in [3.8, 4) is 5.75 Å². The number of nitrogens with zero attached hydrogens (tertiary/aromatic N) is 1. The van der Waals surface area contributed by atoms with Crippen LogP contribution in [0.5, 0.6) is 5.75 Å². The summed E-state index contributed by atoms with van der Waals surface area (Å²) in [6, 6.07) is 8.16. The van der Waals surface area contributed by atoms with Gasteiger partial charge in [0.2, 0.25) is 0 Å². The fourth-order valence-electron chi connectivity index (χ4n) is 4.12. The van der Waals surface area contributed by atoms with E-state index in [9.17, 15) is 5.11 Å². The zero-order chi connectivity index (χ0) is 18.4. The molecule has 1 aromatic carbocycles. The lowest BCUT2D eigenvalue weighted by Crippen LogP contribution is -2.44. The van der Waals surface area contributed by atoms with Crippen LogP contribution in [0, 0.1) is 11.8 Å². The molecule has 0 saturated carbocycles. The van der Waals surface area contributed by atoms with Crippen LogP contribution < -0.4 is 10.1 Å². The monoisotopic (exact) mass is 358 g/mol. The van der Waals surface area contributed by atoms with Gasteiger partial charge in [-0.3, -0.25) is 4.98 Å². The molecule has 5 heteroatoms. The molecule has 0 aliphatic carbocycles. The lowest BCUT2D eigenvalue weighted by atomic mass is 9.79. The van der Waals surface area contributed by atoms with Crippen molar-refractivity contribution in [3.63, 3.8) is 0 Å². The molecule has 1 aliphatic heterocycles. The Hall–Kier alpha value is -1.69. The average Bonchev–Trinajstić information content (AvgIpc) is 2.68. The van der Waals surface area contributed by atoms with Gasteiger partial charge in [0, 0.05) is 31.2 Å². The molecule has 1 saturated heterocycles. The van der Waals surface area contributed by atoms with Crippen LogP contribution in [0.4, 0.5) is 0 Å². The van der Waals surface area contributed by atoms with Crippen molar-refractivity contribution in [2.45, 2.75) is 31.8 Å². The van der Waals surface area contributed by atoms with Gasteiger partial charge in [0.1, 0.15) is 5.75 Å². The maximum absolute atomic E-state index is 10.4. The molecule has 0 spiro atoms. The summed E-state index contributed by atoms with van der Waals surface area (Å²) in [5.74, 6) is 1.69. The van der Waals surface area contributed by atoms with Crippen LogP contribution in [0.15, 0.2) is 30.5 Å². The number of hydrogen-bond donors (Lipinski definition) is 2. The first-order chi connectivity index (χ1) is 12.7. The maximum Gasteiger partial charge on any atom is 0.119 e. The summed E-state index contributed by atoms with van der Waals surface area (Å²) in [7, 11) is 3.34. The molecule has 2 aromatic rings. The van der Waals surface area contributed by atoms with Gasteiger partial charge in [0.05, 0.1) is 25.3 Å². The Morgan fingerprint density at radius 2 is 2.19 bits per heavy atom. The molecule has 5 nitrogen and oxygen atoms in total. The number of methoxy groups -OCH3 is 2. The number of aliphatic hydroxyl groups is 1. The first-order valence-electron chi connectivity index (χ1n) is 9.52. The number of nitrogens with one attached hydrogen (secondary N) is 1. The average molecular weight is 358 g/mol. The zero-order valence-electron chi connectivity index (χ0n) is 15.8. The molecule has 1 fully saturated rings. The third kappa shape index (κ3) is 4.53. The lowest BCUT2D eigenvalue weighted by molar-refractivity contribution is -0.00490. The Morgan fingerprint density at radius 1 is 1.31 bits per heavy atom. The van der Waals surface area contributed by atoms with Crippen LogP contribution in [0.3, 0.4) is 0 Å². The summed E-state index contributed by atoms with van der Waals surface area (Å²) >= 11 is 0. The lowest BCUT2D eigenvalue weighted by Gasteiger charge is -2.35. The SMILES string of the molecule is COCC(O)[C@H]1CNCC[C@H]1CCCc1ccnc2ccc(OC)cc12. The van der Waals surface area contributed by atoms with Crippen LogP contribution in [0.25, 0.3) is 10.9 Å². The summed E-state index contributed by atoms with van der Waals surface area (Å²) in [6.07, 6.45) is 5.88. The van der Waals surface area contributed by atoms with Gasteiger partial charge in [-0.1, -0.05) is 0 Å². The van der Waals surface area contributed by atoms with E-state index >= 15 is 0 Å². The van der Waals surface area contributed by atoms with E-state index < -0.39 is 0 Å². The Bertz CT molecular complexity index is 707. The quantitative estimate of drug-likeness (QED) is 0.760. The molecule has 2 heterocycles. The van der Waals surface area contributed by atoms with E-state index in [4.69, 9.17) is 9.47 Å². The van der Waals surface area contributed by atoms with Crippen LogP contribution in [0.1, 0.15) is 24.8 Å². The second kappa shape index (κ2) is 9.31. The first-order valence-corrected chi connectivity index (χ1v) is 9.52. The van der Waals surface area contributed by atoms with Crippen molar-refractivity contribution >= 4 is 10.9 Å². The minimum Gasteiger partial charge on any atom is -0.497 e. The molecule has 26 heavy (non-hydrogen) atoms. The van der Waals surface area contributed by atoms with Crippen molar-refractivity contribution in [2.75, 3.05) is 33.9 Å². The Labute approximate surface area is 155 Å². The molecule has 1 aliphatic rings. The van der Waals surface area contributed by atoms with Gasteiger partial charge in [-0.2, -0.15) is 0 Å². The predicted molar refractivity (Wildman–Crippen MR) is 104 cm³/mol. The number of aliphatic hydroxyl groups excluding tert-OH is 1. The third-order valence-electron chi connectivity index (χ3n) is 5.57. The van der Waals surface area contributed by atoms with E-state index in [1.54, 1.807) is 14.2 Å². The topological polar surface area (TPSA) is 63.6 Å². The number of aryl methyl sites for hydroxylation is 1. The number of fused-ring (bicyclic) bond motifs is 1. The molecule has 0 amide bonds. The normalized spacial score (nSPS) is 21.7. The van der Waals surface area contributed by atoms with Crippen molar-refractivity contribution in [1.82, 2.24) is 10.3 Å².